The third-order valence-electron chi connectivity index (χ3n) is 2.49. The van der Waals surface area contributed by atoms with Gasteiger partial charge in [0, 0.05) is 12.1 Å². The molecule has 0 aromatic carbocycles. The Morgan fingerprint density at radius 3 is 1.57 bits per heavy atom. The lowest BCUT2D eigenvalue weighted by molar-refractivity contribution is -0.154. The summed E-state index contributed by atoms with van der Waals surface area (Å²) in [5.74, 6) is -0.108. The predicted molar refractivity (Wildman–Crippen MR) is 53.4 cm³/mol. The summed E-state index contributed by atoms with van der Waals surface area (Å²) in [7, 11) is 0. The number of carbonyl (C=O) groups excluding carboxylic acids is 2. The minimum atomic E-state index is -0.0538. The Kier molecular flexibility index (Phi) is 3.13. The molecule has 4 heteroatoms. The van der Waals surface area contributed by atoms with Gasteiger partial charge in [0.15, 0.2) is 0 Å². The molecule has 1 fully saturated rings. The first-order valence-corrected chi connectivity index (χ1v) is 5.02. The molecule has 14 heavy (non-hydrogen) atoms. The second-order valence-electron chi connectivity index (χ2n) is 4.23. The van der Waals surface area contributed by atoms with Crippen molar-refractivity contribution in [1.29, 1.82) is 0 Å². The maximum atomic E-state index is 11.5. The van der Waals surface area contributed by atoms with Crippen LogP contribution in [0.15, 0.2) is 0 Å². The molecule has 0 spiro atoms. The van der Waals surface area contributed by atoms with Gasteiger partial charge in [-0.3, -0.25) is 9.59 Å². The van der Waals surface area contributed by atoms with E-state index in [1.807, 2.05) is 27.7 Å². The fourth-order valence-corrected chi connectivity index (χ4v) is 1.56. The van der Waals surface area contributed by atoms with Gasteiger partial charge in [0.25, 0.3) is 0 Å². The molecule has 1 aliphatic rings. The van der Waals surface area contributed by atoms with Crippen molar-refractivity contribution in [3.05, 3.63) is 0 Å². The largest absolute Gasteiger partial charge is 0.322 e. The minimum Gasteiger partial charge on any atom is -0.322 e. The predicted octanol–water partition coefficient (Wildman–Crippen LogP) is 0.822. The van der Waals surface area contributed by atoms with Crippen molar-refractivity contribution < 1.29 is 9.59 Å². The molecule has 0 unspecified atom stereocenters. The number of hydrogen-bond acceptors (Lipinski definition) is 2. The van der Waals surface area contributed by atoms with E-state index in [1.165, 1.54) is 0 Å². The molecule has 0 atom stereocenters. The molecule has 1 saturated heterocycles. The molecule has 4 nitrogen and oxygen atoms in total. The van der Waals surface area contributed by atoms with E-state index in [0.29, 0.717) is 6.67 Å². The van der Waals surface area contributed by atoms with Gasteiger partial charge < -0.3 is 9.80 Å². The third-order valence-corrected chi connectivity index (χ3v) is 2.49. The maximum Gasteiger partial charge on any atom is 0.233 e. The molecular formula is C10H18N2O2. The van der Waals surface area contributed by atoms with Gasteiger partial charge in [-0.05, 0) is 27.7 Å². The quantitative estimate of drug-likeness (QED) is 0.616. The summed E-state index contributed by atoms with van der Waals surface area (Å²) >= 11 is 0. The maximum absolute atomic E-state index is 11.5. The highest BCUT2D eigenvalue weighted by Gasteiger charge is 2.32. The lowest BCUT2D eigenvalue weighted by Gasteiger charge is -2.39. The van der Waals surface area contributed by atoms with Crippen LogP contribution in [0.4, 0.5) is 0 Å². The van der Waals surface area contributed by atoms with Gasteiger partial charge in [0.05, 0.1) is 6.67 Å². The summed E-state index contributed by atoms with van der Waals surface area (Å²) in [6.07, 6.45) is 0.0242. The van der Waals surface area contributed by atoms with E-state index in [4.69, 9.17) is 0 Å². The lowest BCUT2D eigenvalue weighted by atomic mass is 10.2. The van der Waals surface area contributed by atoms with E-state index in [2.05, 4.69) is 0 Å². The molecule has 1 heterocycles. The summed E-state index contributed by atoms with van der Waals surface area (Å²) in [5.41, 5.74) is 0. The smallest absolute Gasteiger partial charge is 0.233 e. The van der Waals surface area contributed by atoms with Crippen LogP contribution in [-0.4, -0.2) is 40.4 Å². The molecule has 1 aliphatic heterocycles. The number of hydrogen-bond donors (Lipinski definition) is 0. The van der Waals surface area contributed by atoms with Crippen LogP contribution in [-0.2, 0) is 9.59 Å². The zero-order chi connectivity index (χ0) is 10.9. The Morgan fingerprint density at radius 2 is 1.29 bits per heavy atom. The number of rotatable bonds is 2. The van der Waals surface area contributed by atoms with E-state index in [-0.39, 0.29) is 30.3 Å². The van der Waals surface area contributed by atoms with Crippen LogP contribution < -0.4 is 0 Å². The van der Waals surface area contributed by atoms with Crippen molar-refractivity contribution in [3.8, 4) is 0 Å². The fourth-order valence-electron chi connectivity index (χ4n) is 1.56. The summed E-state index contributed by atoms with van der Waals surface area (Å²) in [6.45, 7) is 8.30. The van der Waals surface area contributed by atoms with Crippen LogP contribution in [0.3, 0.4) is 0 Å². The van der Waals surface area contributed by atoms with Crippen molar-refractivity contribution in [2.75, 3.05) is 6.67 Å². The molecule has 0 saturated carbocycles. The van der Waals surface area contributed by atoms with Crippen molar-refractivity contribution in [1.82, 2.24) is 9.80 Å². The number of amides is 2. The average molecular weight is 198 g/mol. The van der Waals surface area contributed by atoms with Gasteiger partial charge in [0.1, 0.15) is 6.42 Å². The number of carbonyl (C=O) groups is 2. The molecule has 0 bridgehead atoms. The Labute approximate surface area is 84.9 Å². The molecule has 80 valence electrons. The molecule has 0 aromatic rings. The Hall–Kier alpha value is -1.06. The van der Waals surface area contributed by atoms with Gasteiger partial charge >= 0.3 is 0 Å². The zero-order valence-corrected chi connectivity index (χ0v) is 9.28. The van der Waals surface area contributed by atoms with Gasteiger partial charge in [-0.2, -0.15) is 0 Å². The molecule has 0 N–H and O–H groups in total. The second-order valence-corrected chi connectivity index (χ2v) is 4.23. The first-order valence-electron chi connectivity index (χ1n) is 5.02. The summed E-state index contributed by atoms with van der Waals surface area (Å²) in [4.78, 5) is 26.5. The van der Waals surface area contributed by atoms with Gasteiger partial charge in [-0.1, -0.05) is 0 Å². The lowest BCUT2D eigenvalue weighted by Crippen LogP contribution is -2.55. The van der Waals surface area contributed by atoms with E-state index in [1.54, 1.807) is 9.80 Å². The molecule has 2 amide bonds. The second kappa shape index (κ2) is 3.98. The standard InChI is InChI=1S/C10H18N2O2/c1-7(2)11-6-12(8(3)4)10(14)5-9(11)13/h7-8H,5-6H2,1-4H3. The van der Waals surface area contributed by atoms with Gasteiger partial charge in [-0.15, -0.1) is 0 Å². The highest BCUT2D eigenvalue weighted by Crippen LogP contribution is 2.14. The molecule has 0 radical (unpaired) electrons. The van der Waals surface area contributed by atoms with Crippen LogP contribution in [0.5, 0.6) is 0 Å². The summed E-state index contributed by atoms with van der Waals surface area (Å²) in [5, 5.41) is 0. The van der Waals surface area contributed by atoms with Crippen LogP contribution in [0, 0.1) is 0 Å². The van der Waals surface area contributed by atoms with Crippen molar-refractivity contribution >= 4 is 11.8 Å². The van der Waals surface area contributed by atoms with Crippen LogP contribution >= 0.6 is 0 Å². The Morgan fingerprint density at radius 1 is 0.929 bits per heavy atom. The third kappa shape index (κ3) is 2.05. The molecule has 0 aromatic heterocycles. The highest BCUT2D eigenvalue weighted by molar-refractivity contribution is 5.99. The van der Waals surface area contributed by atoms with E-state index >= 15 is 0 Å². The first-order chi connectivity index (χ1) is 6.43. The molecule has 0 aliphatic carbocycles. The van der Waals surface area contributed by atoms with Gasteiger partial charge in [0.2, 0.25) is 11.8 Å². The van der Waals surface area contributed by atoms with Crippen LogP contribution in [0.1, 0.15) is 34.1 Å². The Bertz CT molecular complexity index is 225. The zero-order valence-electron chi connectivity index (χ0n) is 9.28. The van der Waals surface area contributed by atoms with Crippen LogP contribution in [0.25, 0.3) is 0 Å². The summed E-state index contributed by atoms with van der Waals surface area (Å²) in [6, 6.07) is 0.327. The van der Waals surface area contributed by atoms with E-state index < -0.39 is 0 Å². The monoisotopic (exact) mass is 198 g/mol. The van der Waals surface area contributed by atoms with Crippen molar-refractivity contribution in [3.63, 3.8) is 0 Å². The topological polar surface area (TPSA) is 40.6 Å². The normalized spacial score (nSPS) is 18.7. The molecular weight excluding hydrogens is 180 g/mol. The van der Waals surface area contributed by atoms with Crippen molar-refractivity contribution in [2.45, 2.75) is 46.2 Å². The number of nitrogens with zero attached hydrogens (tertiary/aromatic N) is 2. The summed E-state index contributed by atoms with van der Waals surface area (Å²) < 4.78 is 0. The SMILES string of the molecule is CC(C)N1CN(C(C)C)C(=O)CC1=O. The first kappa shape index (κ1) is 11.0. The van der Waals surface area contributed by atoms with Gasteiger partial charge in [-0.25, -0.2) is 0 Å². The Balaban J connectivity index is 2.75. The van der Waals surface area contributed by atoms with E-state index in [0.717, 1.165) is 0 Å². The van der Waals surface area contributed by atoms with Crippen LogP contribution in [0.2, 0.25) is 0 Å². The average Bonchev–Trinajstić information content (AvgIpc) is 2.02. The molecule has 1 rings (SSSR count). The highest BCUT2D eigenvalue weighted by atomic mass is 16.2. The fraction of sp³-hybridized carbons (Fsp3) is 0.800. The minimum absolute atomic E-state index is 0.0242. The van der Waals surface area contributed by atoms with Crippen molar-refractivity contribution in [2.24, 2.45) is 0 Å². The van der Waals surface area contributed by atoms with E-state index in [9.17, 15) is 9.59 Å².